The summed E-state index contributed by atoms with van der Waals surface area (Å²) in [5, 5.41) is 6.27. The van der Waals surface area contributed by atoms with E-state index in [4.69, 9.17) is 0 Å². The number of hydrogen-bond acceptors (Lipinski definition) is 4. The molecule has 152 valence electrons. The van der Waals surface area contributed by atoms with Crippen molar-refractivity contribution in [1.82, 2.24) is 10.6 Å². The van der Waals surface area contributed by atoms with E-state index in [0.29, 0.717) is 0 Å². The zero-order valence-electron chi connectivity index (χ0n) is 15.3. The van der Waals surface area contributed by atoms with Crippen LogP contribution in [-0.2, 0) is 10.0 Å². The first kappa shape index (κ1) is 22.1. The normalized spacial score (nSPS) is 19.4. The van der Waals surface area contributed by atoms with Gasteiger partial charge in [0, 0.05) is 23.3 Å². The van der Waals surface area contributed by atoms with Gasteiger partial charge in [0.2, 0.25) is 0 Å². The standard InChI is InChI=1S/C19H22FN3O3S.ClH/c1-13-18(6-3-11-21-13)22-19(24)14-4-2-5-17(12-14)27(25,26)23-16-9-7-15(20)8-10-16;/h2,4-5,7-10,12-13,18,21,23H,3,6,11H2,1H3,(H,22,24);1H. The van der Waals surface area contributed by atoms with Gasteiger partial charge >= 0.3 is 0 Å². The second-order valence-corrected chi connectivity index (χ2v) is 8.29. The molecular formula is C19H23ClFN3O3S. The fourth-order valence-corrected chi connectivity index (χ4v) is 4.13. The molecule has 1 amide bonds. The van der Waals surface area contributed by atoms with Gasteiger partial charge in [0.15, 0.2) is 0 Å². The minimum atomic E-state index is -3.89. The predicted octanol–water partition coefficient (Wildman–Crippen LogP) is 2.92. The summed E-state index contributed by atoms with van der Waals surface area (Å²) >= 11 is 0. The first-order valence-electron chi connectivity index (χ1n) is 8.78. The van der Waals surface area contributed by atoms with Gasteiger partial charge in [0.05, 0.1) is 4.90 Å². The minimum absolute atomic E-state index is 0. The first-order chi connectivity index (χ1) is 12.8. The molecule has 0 aliphatic carbocycles. The summed E-state index contributed by atoms with van der Waals surface area (Å²) in [5.74, 6) is -0.766. The Bertz CT molecular complexity index is 922. The zero-order chi connectivity index (χ0) is 19.4. The second kappa shape index (κ2) is 9.36. The van der Waals surface area contributed by atoms with Crippen LogP contribution >= 0.6 is 12.4 Å². The fourth-order valence-electron chi connectivity index (χ4n) is 3.03. The Hall–Kier alpha value is -2.16. The maximum Gasteiger partial charge on any atom is 0.261 e. The van der Waals surface area contributed by atoms with E-state index in [2.05, 4.69) is 15.4 Å². The number of nitrogens with one attached hydrogen (secondary N) is 3. The Morgan fingerprint density at radius 1 is 1.18 bits per heavy atom. The van der Waals surface area contributed by atoms with E-state index in [1.54, 1.807) is 6.07 Å². The molecule has 2 aromatic rings. The van der Waals surface area contributed by atoms with Crippen molar-refractivity contribution in [3.63, 3.8) is 0 Å². The molecule has 28 heavy (non-hydrogen) atoms. The molecule has 9 heteroatoms. The van der Waals surface area contributed by atoms with Gasteiger partial charge < -0.3 is 10.6 Å². The van der Waals surface area contributed by atoms with E-state index in [1.165, 1.54) is 42.5 Å². The molecule has 0 spiro atoms. The Morgan fingerprint density at radius 2 is 1.89 bits per heavy atom. The number of piperidine rings is 1. The van der Waals surface area contributed by atoms with Gasteiger partial charge in [0.1, 0.15) is 5.82 Å². The zero-order valence-corrected chi connectivity index (χ0v) is 16.9. The van der Waals surface area contributed by atoms with E-state index in [1.807, 2.05) is 6.92 Å². The molecule has 1 aliphatic rings. The van der Waals surface area contributed by atoms with Gasteiger partial charge in [0.25, 0.3) is 15.9 Å². The molecule has 0 aromatic heterocycles. The average Bonchev–Trinajstić information content (AvgIpc) is 2.65. The van der Waals surface area contributed by atoms with E-state index >= 15 is 0 Å². The summed E-state index contributed by atoms with van der Waals surface area (Å²) in [6.07, 6.45) is 1.86. The van der Waals surface area contributed by atoms with Crippen LogP contribution in [0.2, 0.25) is 0 Å². The Balaban J connectivity index is 0.00000280. The second-order valence-electron chi connectivity index (χ2n) is 6.61. The van der Waals surface area contributed by atoms with Crippen molar-refractivity contribution >= 4 is 34.0 Å². The van der Waals surface area contributed by atoms with Crippen molar-refractivity contribution in [3.05, 3.63) is 59.9 Å². The number of halogens is 2. The molecule has 3 N–H and O–H groups in total. The lowest BCUT2D eigenvalue weighted by molar-refractivity contribution is 0.0919. The summed E-state index contributed by atoms with van der Waals surface area (Å²) in [6, 6.07) is 11.0. The van der Waals surface area contributed by atoms with Crippen LogP contribution in [0.1, 0.15) is 30.1 Å². The highest BCUT2D eigenvalue weighted by molar-refractivity contribution is 7.92. The van der Waals surface area contributed by atoms with Crippen molar-refractivity contribution < 1.29 is 17.6 Å². The number of rotatable bonds is 5. The highest BCUT2D eigenvalue weighted by Crippen LogP contribution is 2.18. The molecule has 1 fully saturated rings. The average molecular weight is 428 g/mol. The van der Waals surface area contributed by atoms with Gasteiger partial charge in [-0.2, -0.15) is 0 Å². The molecule has 1 heterocycles. The van der Waals surface area contributed by atoms with Crippen LogP contribution in [0.5, 0.6) is 0 Å². The highest BCUT2D eigenvalue weighted by atomic mass is 35.5. The molecular weight excluding hydrogens is 405 g/mol. The topological polar surface area (TPSA) is 87.3 Å². The van der Waals surface area contributed by atoms with Crippen molar-refractivity contribution in [2.75, 3.05) is 11.3 Å². The van der Waals surface area contributed by atoms with Crippen LogP contribution in [-0.4, -0.2) is 33.0 Å². The van der Waals surface area contributed by atoms with Crippen LogP contribution < -0.4 is 15.4 Å². The van der Waals surface area contributed by atoms with E-state index in [-0.39, 0.29) is 46.5 Å². The van der Waals surface area contributed by atoms with Crippen LogP contribution in [0.3, 0.4) is 0 Å². The molecule has 2 atom stereocenters. The number of anilines is 1. The van der Waals surface area contributed by atoms with E-state index in [0.717, 1.165) is 19.4 Å². The lowest BCUT2D eigenvalue weighted by Gasteiger charge is -2.30. The predicted molar refractivity (Wildman–Crippen MR) is 109 cm³/mol. The first-order valence-corrected chi connectivity index (χ1v) is 10.3. The molecule has 0 saturated carbocycles. The largest absolute Gasteiger partial charge is 0.348 e. The monoisotopic (exact) mass is 427 g/mol. The number of carbonyl (C=O) groups excluding carboxylic acids is 1. The molecule has 2 aromatic carbocycles. The Labute approximate surface area is 170 Å². The lowest BCUT2D eigenvalue weighted by Crippen LogP contribution is -2.51. The third kappa shape index (κ3) is 5.43. The number of sulfonamides is 1. The van der Waals surface area contributed by atoms with Crippen LogP contribution in [0.15, 0.2) is 53.4 Å². The highest BCUT2D eigenvalue weighted by Gasteiger charge is 2.23. The van der Waals surface area contributed by atoms with Gasteiger partial charge in [-0.15, -0.1) is 12.4 Å². The molecule has 1 aliphatic heterocycles. The molecule has 1 saturated heterocycles. The molecule has 2 unspecified atom stereocenters. The number of hydrogen-bond donors (Lipinski definition) is 3. The van der Waals surface area contributed by atoms with Crippen LogP contribution in [0.25, 0.3) is 0 Å². The third-order valence-electron chi connectivity index (χ3n) is 4.58. The fraction of sp³-hybridized carbons (Fsp3) is 0.316. The van der Waals surface area contributed by atoms with Crippen molar-refractivity contribution in [2.45, 2.75) is 36.7 Å². The summed E-state index contributed by atoms with van der Waals surface area (Å²) in [6.45, 7) is 2.94. The van der Waals surface area contributed by atoms with Crippen molar-refractivity contribution in [1.29, 1.82) is 0 Å². The van der Waals surface area contributed by atoms with Crippen molar-refractivity contribution in [2.24, 2.45) is 0 Å². The molecule has 0 radical (unpaired) electrons. The maximum atomic E-state index is 13.0. The van der Waals surface area contributed by atoms with E-state index < -0.39 is 15.8 Å². The number of benzene rings is 2. The Kier molecular flexibility index (Phi) is 7.40. The lowest BCUT2D eigenvalue weighted by atomic mass is 9.99. The van der Waals surface area contributed by atoms with Crippen molar-refractivity contribution in [3.8, 4) is 0 Å². The van der Waals surface area contributed by atoms with E-state index in [9.17, 15) is 17.6 Å². The maximum absolute atomic E-state index is 13.0. The summed E-state index contributed by atoms with van der Waals surface area (Å²) in [7, 11) is -3.89. The summed E-state index contributed by atoms with van der Waals surface area (Å²) < 4.78 is 40.5. The molecule has 0 bridgehead atoms. The number of carbonyl (C=O) groups is 1. The smallest absolute Gasteiger partial charge is 0.261 e. The number of amides is 1. The van der Waals surface area contributed by atoms with Gasteiger partial charge in [-0.1, -0.05) is 6.07 Å². The van der Waals surface area contributed by atoms with Gasteiger partial charge in [-0.05, 0) is 68.8 Å². The quantitative estimate of drug-likeness (QED) is 0.684. The third-order valence-corrected chi connectivity index (χ3v) is 5.96. The molecule has 6 nitrogen and oxygen atoms in total. The SMILES string of the molecule is CC1NCCCC1NC(=O)c1cccc(S(=O)(=O)Nc2ccc(F)cc2)c1.Cl. The Morgan fingerprint density at radius 3 is 2.57 bits per heavy atom. The van der Waals surface area contributed by atoms with Gasteiger partial charge in [-0.3, -0.25) is 9.52 Å². The van der Waals surface area contributed by atoms with Gasteiger partial charge in [-0.25, -0.2) is 12.8 Å². The molecule has 3 rings (SSSR count). The summed E-state index contributed by atoms with van der Waals surface area (Å²) in [5.41, 5.74) is 0.517. The van der Waals surface area contributed by atoms with Crippen LogP contribution in [0.4, 0.5) is 10.1 Å². The minimum Gasteiger partial charge on any atom is -0.348 e. The van der Waals surface area contributed by atoms with Crippen LogP contribution in [0, 0.1) is 5.82 Å². The summed E-state index contributed by atoms with van der Waals surface area (Å²) in [4.78, 5) is 12.5.